The number of fused-ring (bicyclic) bond motifs is 3. The summed E-state index contributed by atoms with van der Waals surface area (Å²) in [5.74, 6) is -4.66. The van der Waals surface area contributed by atoms with Crippen LogP contribution in [0.5, 0.6) is 0 Å². The van der Waals surface area contributed by atoms with Crippen molar-refractivity contribution < 1.29 is 48.0 Å². The van der Waals surface area contributed by atoms with Crippen LogP contribution in [0.3, 0.4) is 0 Å². The molecule has 3 fully saturated rings. The van der Waals surface area contributed by atoms with Gasteiger partial charge in [-0.05, 0) is 31.4 Å². The van der Waals surface area contributed by atoms with E-state index in [1.807, 2.05) is 0 Å². The molecule has 2 aliphatic carbocycles. The molecular weight excluding hydrogens is 508 g/mol. The predicted molar refractivity (Wildman–Crippen MR) is 128 cm³/mol. The molecule has 1 spiro atoms. The number of aliphatic hydroxyl groups is 1. The summed E-state index contributed by atoms with van der Waals surface area (Å²) in [5.41, 5.74) is -4.05. The highest BCUT2D eigenvalue weighted by Gasteiger charge is 2.75. The van der Waals surface area contributed by atoms with Crippen molar-refractivity contribution in [2.45, 2.75) is 88.5 Å². The first-order valence-electron chi connectivity index (χ1n) is 12.3. The summed E-state index contributed by atoms with van der Waals surface area (Å²) in [4.78, 5) is 49.9. The second-order valence-corrected chi connectivity index (χ2v) is 11.2. The molecule has 1 saturated carbocycles. The molecule has 4 rings (SSSR count). The third-order valence-corrected chi connectivity index (χ3v) is 8.90. The fourth-order valence-corrected chi connectivity index (χ4v) is 6.82. The van der Waals surface area contributed by atoms with Crippen molar-refractivity contribution in [1.82, 2.24) is 0 Å². The summed E-state index contributed by atoms with van der Waals surface area (Å²) >= 11 is 6.70. The second kappa shape index (κ2) is 9.39. The lowest BCUT2D eigenvalue weighted by Crippen LogP contribution is -2.70. The largest absolute Gasteiger partial charge is 0.462 e. The lowest BCUT2D eigenvalue weighted by atomic mass is 9.53. The Hall–Kier alpha value is -2.43. The number of rotatable bonds is 3. The minimum atomic E-state index is -2.12. The second-order valence-electron chi connectivity index (χ2n) is 10.7. The van der Waals surface area contributed by atoms with E-state index in [2.05, 4.69) is 6.58 Å². The van der Waals surface area contributed by atoms with Crippen LogP contribution in [-0.4, -0.2) is 76.6 Å². The van der Waals surface area contributed by atoms with Gasteiger partial charge in [0, 0.05) is 26.7 Å². The Morgan fingerprint density at radius 3 is 2.27 bits per heavy atom. The van der Waals surface area contributed by atoms with Gasteiger partial charge in [0.1, 0.15) is 18.3 Å². The summed E-state index contributed by atoms with van der Waals surface area (Å²) in [6.07, 6.45) is -0.716. The van der Waals surface area contributed by atoms with Gasteiger partial charge in [0.05, 0.1) is 28.9 Å². The number of alkyl halides is 1. The molecule has 0 aromatic carbocycles. The van der Waals surface area contributed by atoms with Crippen LogP contribution >= 0.6 is 11.6 Å². The first-order valence-corrected chi connectivity index (χ1v) is 12.7. The maximum Gasteiger partial charge on any atom is 0.312 e. The highest BCUT2D eigenvalue weighted by atomic mass is 35.5. The highest BCUT2D eigenvalue weighted by molar-refractivity contribution is 6.23. The molecule has 10 atom stereocenters. The average molecular weight is 541 g/mol. The van der Waals surface area contributed by atoms with Crippen molar-refractivity contribution in [2.75, 3.05) is 6.61 Å². The van der Waals surface area contributed by atoms with Crippen LogP contribution in [-0.2, 0) is 42.9 Å². The fourth-order valence-electron chi connectivity index (χ4n) is 6.49. The number of ether oxygens (including phenoxy) is 5. The van der Waals surface area contributed by atoms with E-state index in [-0.39, 0.29) is 12.2 Å². The standard InChI is InChI=1S/C26H33ClO10/c1-12-7-8-17(34-14(3)28)24(6)18(35-15(4)29)9-10-25(11-33-25)20(24)22(36-16(5)30)26(32)13(2)23(31)37-21(26)19(12)27/h7-8,13,17-22,32H,1,9-11H2,2-6H3/b8-7-/t13-,17-,18-,19-,20+,21-,22-,24-,25?,26-/m0/s1. The van der Waals surface area contributed by atoms with Gasteiger partial charge in [-0.2, -0.15) is 0 Å². The van der Waals surface area contributed by atoms with Crippen molar-refractivity contribution in [2.24, 2.45) is 17.3 Å². The topological polar surface area (TPSA) is 138 Å². The highest BCUT2D eigenvalue weighted by Crippen LogP contribution is 2.62. The SMILES string of the molecule is C=C1/C=C\[C@H](OC(C)=O)[C@@]2(C)[C@@H](OC(C)=O)CCC3(CO3)[C@@H]2[C@H](OC(C)=O)[C@]2(O)[C@@H](C)C(=O)O[C@H]2[C@H]1Cl. The quantitative estimate of drug-likeness (QED) is 0.245. The molecule has 0 aromatic rings. The molecule has 37 heavy (non-hydrogen) atoms. The zero-order valence-electron chi connectivity index (χ0n) is 21.5. The molecule has 2 saturated heterocycles. The van der Waals surface area contributed by atoms with Crippen molar-refractivity contribution in [3.8, 4) is 0 Å². The van der Waals surface area contributed by atoms with Gasteiger partial charge in [0.15, 0.2) is 11.7 Å². The molecular formula is C26H33ClO10. The smallest absolute Gasteiger partial charge is 0.312 e. The van der Waals surface area contributed by atoms with Crippen LogP contribution in [0.1, 0.15) is 47.5 Å². The number of hydrogen-bond donors (Lipinski definition) is 1. The van der Waals surface area contributed by atoms with Gasteiger partial charge in [-0.3, -0.25) is 19.2 Å². The van der Waals surface area contributed by atoms with E-state index in [1.165, 1.54) is 33.8 Å². The Morgan fingerprint density at radius 1 is 1.14 bits per heavy atom. The molecule has 2 heterocycles. The van der Waals surface area contributed by atoms with Crippen LogP contribution in [0, 0.1) is 17.3 Å². The summed E-state index contributed by atoms with van der Waals surface area (Å²) in [7, 11) is 0. The number of allylic oxidation sites excluding steroid dienone is 1. The molecule has 204 valence electrons. The third kappa shape index (κ3) is 4.36. The minimum Gasteiger partial charge on any atom is -0.462 e. The number of epoxide rings is 1. The van der Waals surface area contributed by atoms with E-state index >= 15 is 0 Å². The fraction of sp³-hybridized carbons (Fsp3) is 0.692. The van der Waals surface area contributed by atoms with Crippen molar-refractivity contribution in [3.63, 3.8) is 0 Å². The van der Waals surface area contributed by atoms with E-state index in [4.69, 9.17) is 35.3 Å². The maximum absolute atomic E-state index is 12.9. The predicted octanol–water partition coefficient (Wildman–Crippen LogP) is 1.99. The van der Waals surface area contributed by atoms with Gasteiger partial charge in [-0.25, -0.2) is 0 Å². The zero-order valence-corrected chi connectivity index (χ0v) is 22.3. The lowest BCUT2D eigenvalue weighted by molar-refractivity contribution is -0.238. The van der Waals surface area contributed by atoms with Crippen LogP contribution in [0.4, 0.5) is 0 Å². The van der Waals surface area contributed by atoms with Crippen LogP contribution in [0.2, 0.25) is 0 Å². The number of halogens is 1. The molecule has 11 heteroatoms. The molecule has 1 N–H and O–H groups in total. The summed E-state index contributed by atoms with van der Waals surface area (Å²) in [6, 6.07) is 0. The van der Waals surface area contributed by atoms with Gasteiger partial charge in [-0.1, -0.05) is 19.6 Å². The molecule has 10 nitrogen and oxygen atoms in total. The molecule has 0 bridgehead atoms. The molecule has 0 aromatic heterocycles. The lowest BCUT2D eigenvalue weighted by Gasteiger charge is -2.56. The normalized spacial score (nSPS) is 45.6. The summed E-state index contributed by atoms with van der Waals surface area (Å²) in [6.45, 7) is 11.1. The van der Waals surface area contributed by atoms with Gasteiger partial charge >= 0.3 is 23.9 Å². The molecule has 0 radical (unpaired) electrons. The van der Waals surface area contributed by atoms with Crippen molar-refractivity contribution in [3.05, 3.63) is 24.3 Å². The molecule has 2 aliphatic heterocycles. The summed E-state index contributed by atoms with van der Waals surface area (Å²) in [5, 5.41) is 11.3. The monoisotopic (exact) mass is 540 g/mol. The van der Waals surface area contributed by atoms with E-state index in [1.54, 1.807) is 13.0 Å². The zero-order chi connectivity index (χ0) is 27.5. The average Bonchev–Trinajstić information content (AvgIpc) is 3.53. The van der Waals surface area contributed by atoms with Gasteiger partial charge in [-0.15, -0.1) is 11.6 Å². The first kappa shape index (κ1) is 27.6. The summed E-state index contributed by atoms with van der Waals surface area (Å²) < 4.78 is 29.0. The third-order valence-electron chi connectivity index (χ3n) is 8.39. The Balaban J connectivity index is 2.04. The Kier molecular flexibility index (Phi) is 7.01. The first-order chi connectivity index (χ1) is 17.2. The van der Waals surface area contributed by atoms with Gasteiger partial charge < -0.3 is 28.8 Å². The molecule has 0 amide bonds. The van der Waals surface area contributed by atoms with E-state index in [0.717, 1.165) is 0 Å². The van der Waals surface area contributed by atoms with Crippen molar-refractivity contribution >= 4 is 35.5 Å². The van der Waals surface area contributed by atoms with Crippen LogP contribution in [0.25, 0.3) is 0 Å². The molecule has 4 aliphatic rings. The van der Waals surface area contributed by atoms with E-state index in [9.17, 15) is 24.3 Å². The Labute approximate surface area is 220 Å². The number of esters is 4. The number of hydrogen-bond acceptors (Lipinski definition) is 10. The number of carbonyl (C=O) groups is 4. The number of carbonyl (C=O) groups excluding carboxylic acids is 4. The molecule has 1 unspecified atom stereocenters. The van der Waals surface area contributed by atoms with E-state index < -0.39 is 82.1 Å². The van der Waals surface area contributed by atoms with Gasteiger partial charge in [0.25, 0.3) is 0 Å². The Bertz CT molecular complexity index is 1050. The van der Waals surface area contributed by atoms with Crippen LogP contribution < -0.4 is 0 Å². The van der Waals surface area contributed by atoms with E-state index in [0.29, 0.717) is 12.8 Å². The minimum absolute atomic E-state index is 0.259. The van der Waals surface area contributed by atoms with Crippen LogP contribution in [0.15, 0.2) is 24.3 Å². The van der Waals surface area contributed by atoms with Gasteiger partial charge in [0.2, 0.25) is 0 Å². The Morgan fingerprint density at radius 2 is 1.73 bits per heavy atom. The van der Waals surface area contributed by atoms with Crippen molar-refractivity contribution in [1.29, 1.82) is 0 Å². The maximum atomic E-state index is 12.9.